The van der Waals surface area contributed by atoms with Crippen LogP contribution in [0.2, 0.25) is 0 Å². The molecule has 0 aliphatic carbocycles. The summed E-state index contributed by atoms with van der Waals surface area (Å²) in [6, 6.07) is 101. The van der Waals surface area contributed by atoms with Crippen LogP contribution in [0.4, 0.5) is 0 Å². The molecule has 0 aliphatic rings. The minimum absolute atomic E-state index is 1.12. The van der Waals surface area contributed by atoms with Crippen LogP contribution in [-0.4, -0.2) is 21.8 Å². The molecule has 0 aliphatic heterocycles. The van der Waals surface area contributed by atoms with Gasteiger partial charge in [0.1, 0.15) is 0 Å². The van der Waals surface area contributed by atoms with Gasteiger partial charge in [-0.1, -0.05) is 206 Å². The van der Waals surface area contributed by atoms with Crippen molar-refractivity contribution in [1.82, 2.24) is 13.7 Å². The van der Waals surface area contributed by atoms with Gasteiger partial charge in [0.25, 0.3) is 0 Å². The molecule has 0 N–H and O–H groups in total. The third-order valence-electron chi connectivity index (χ3n) is 14.8. The number of hydrogen-bond acceptors (Lipinski definition) is 0. The van der Waals surface area contributed by atoms with E-state index in [9.17, 15) is 0 Å². The molecule has 0 unspecified atom stereocenters. The highest BCUT2D eigenvalue weighted by Gasteiger charge is 2.43. The zero-order chi connectivity index (χ0) is 46.2. The van der Waals surface area contributed by atoms with E-state index in [4.69, 9.17) is 0 Å². The highest BCUT2D eigenvalue weighted by molar-refractivity contribution is 7.20. The highest BCUT2D eigenvalue weighted by Crippen LogP contribution is 2.41. The van der Waals surface area contributed by atoms with Gasteiger partial charge in [-0.15, -0.1) is 0 Å². The molecule has 0 fully saturated rings. The summed E-state index contributed by atoms with van der Waals surface area (Å²) in [7, 11) is -2.89. The Morgan fingerprint density at radius 1 is 0.243 bits per heavy atom. The van der Waals surface area contributed by atoms with Gasteiger partial charge >= 0.3 is 0 Å². The van der Waals surface area contributed by atoms with Crippen LogP contribution in [0.15, 0.2) is 273 Å². The smallest absolute Gasteiger partial charge is 0.180 e. The lowest BCUT2D eigenvalue weighted by Crippen LogP contribution is -2.75. The second kappa shape index (κ2) is 16.1. The van der Waals surface area contributed by atoms with Crippen molar-refractivity contribution in [3.05, 3.63) is 273 Å². The Balaban J connectivity index is 1.07. The molecule has 0 radical (unpaired) electrons. The van der Waals surface area contributed by atoms with Gasteiger partial charge in [0.05, 0.1) is 44.5 Å². The molecule has 0 saturated heterocycles. The topological polar surface area (TPSA) is 14.8 Å². The predicted molar refractivity (Wildman–Crippen MR) is 299 cm³/mol. The predicted octanol–water partition coefficient (Wildman–Crippen LogP) is 14.0. The number of rotatable bonds is 8. The summed E-state index contributed by atoms with van der Waals surface area (Å²) in [5, 5.41) is 12.8. The number of para-hydroxylation sites is 6. The molecule has 0 bridgehead atoms. The van der Waals surface area contributed by atoms with Gasteiger partial charge in [-0.05, 0) is 98.6 Å². The van der Waals surface area contributed by atoms with Crippen molar-refractivity contribution in [2.45, 2.75) is 0 Å². The Morgan fingerprint density at radius 3 is 1.09 bits per heavy atom. The molecule has 0 atom stereocenters. The summed E-state index contributed by atoms with van der Waals surface area (Å²) in [5.74, 6) is 0. The van der Waals surface area contributed by atoms with Gasteiger partial charge in [0, 0.05) is 38.0 Å². The van der Waals surface area contributed by atoms with Crippen molar-refractivity contribution in [2.75, 3.05) is 0 Å². The lowest BCUT2D eigenvalue weighted by Gasteiger charge is -2.36. The lowest BCUT2D eigenvalue weighted by molar-refractivity contribution is 1.09. The molecule has 3 aromatic heterocycles. The van der Waals surface area contributed by atoms with Crippen LogP contribution >= 0.6 is 0 Å². The van der Waals surface area contributed by atoms with E-state index in [0.717, 1.165) is 28.1 Å². The van der Waals surface area contributed by atoms with Crippen LogP contribution < -0.4 is 20.7 Å². The summed E-state index contributed by atoms with van der Waals surface area (Å²) in [6.07, 6.45) is 0. The van der Waals surface area contributed by atoms with E-state index < -0.39 is 8.07 Å². The Kier molecular flexibility index (Phi) is 9.23. The van der Waals surface area contributed by atoms with Crippen molar-refractivity contribution in [2.24, 2.45) is 0 Å². The molecule has 11 aromatic carbocycles. The highest BCUT2D eigenvalue weighted by atomic mass is 28.3. The van der Waals surface area contributed by atoms with Crippen molar-refractivity contribution >= 4 is 94.2 Å². The first-order valence-corrected chi connectivity index (χ1v) is 26.2. The molecule has 0 spiro atoms. The van der Waals surface area contributed by atoms with Gasteiger partial charge in [0.2, 0.25) is 0 Å². The van der Waals surface area contributed by atoms with Gasteiger partial charge in [0.15, 0.2) is 8.07 Å². The number of hydrogen-bond donors (Lipinski definition) is 0. The zero-order valence-corrected chi connectivity index (χ0v) is 39.3. The normalized spacial score (nSPS) is 12.0. The summed E-state index contributed by atoms with van der Waals surface area (Å²) in [6.45, 7) is 0. The van der Waals surface area contributed by atoms with Gasteiger partial charge < -0.3 is 13.7 Å². The Labute approximate surface area is 407 Å². The van der Waals surface area contributed by atoms with Gasteiger partial charge in [-0.25, -0.2) is 0 Å². The average Bonchev–Trinajstić information content (AvgIpc) is 4.07. The maximum atomic E-state index is 2.51. The molecular formula is C66H45N3Si. The number of benzene rings is 11. The Bertz CT molecular complexity index is 4090. The maximum Gasteiger partial charge on any atom is 0.180 e. The zero-order valence-electron chi connectivity index (χ0n) is 38.3. The molecule has 328 valence electrons. The van der Waals surface area contributed by atoms with Gasteiger partial charge in [-0.2, -0.15) is 0 Å². The molecule has 14 aromatic rings. The molecule has 0 amide bonds. The summed E-state index contributed by atoms with van der Waals surface area (Å²) >= 11 is 0. The average molecular weight is 908 g/mol. The molecule has 3 nitrogen and oxygen atoms in total. The molecule has 3 heterocycles. The van der Waals surface area contributed by atoms with E-state index in [2.05, 4.69) is 287 Å². The number of nitrogens with zero attached hydrogens (tertiary/aromatic N) is 3. The van der Waals surface area contributed by atoms with E-state index in [1.807, 2.05) is 0 Å². The van der Waals surface area contributed by atoms with Crippen molar-refractivity contribution in [3.63, 3.8) is 0 Å². The van der Waals surface area contributed by atoms with Crippen LogP contribution in [0.25, 0.3) is 93.6 Å². The van der Waals surface area contributed by atoms with Gasteiger partial charge in [-0.3, -0.25) is 0 Å². The van der Waals surface area contributed by atoms with Crippen molar-refractivity contribution in [1.29, 1.82) is 0 Å². The van der Waals surface area contributed by atoms with Crippen LogP contribution in [0.5, 0.6) is 0 Å². The molecule has 70 heavy (non-hydrogen) atoms. The fraction of sp³-hybridized carbons (Fsp3) is 0. The monoisotopic (exact) mass is 907 g/mol. The second-order valence-corrected chi connectivity index (χ2v) is 22.2. The fourth-order valence-corrected chi connectivity index (χ4v) is 16.9. The first-order chi connectivity index (χ1) is 34.8. The molecule has 0 saturated carbocycles. The van der Waals surface area contributed by atoms with Crippen LogP contribution in [0.1, 0.15) is 0 Å². The Morgan fingerprint density at radius 2 is 0.600 bits per heavy atom. The third-order valence-corrected chi connectivity index (χ3v) is 19.6. The van der Waals surface area contributed by atoms with Crippen LogP contribution in [0.3, 0.4) is 0 Å². The van der Waals surface area contributed by atoms with E-state index in [1.165, 1.54) is 86.3 Å². The van der Waals surface area contributed by atoms with Crippen LogP contribution in [0, 0.1) is 0 Å². The maximum absolute atomic E-state index is 2.89. The number of aromatic nitrogens is 3. The fourth-order valence-electron chi connectivity index (χ4n) is 11.9. The molecule has 14 rings (SSSR count). The second-order valence-electron chi connectivity index (χ2n) is 18.4. The SMILES string of the molecule is c1ccc([Si](c2ccccc2)(c2ccccc2)c2ccccc2-c2ccc3c(c2)c2cc(-n4c5ccccc5c5ccccc54)ccc2n3-c2ccccc2-n2c3ccccc3c3ccccc32)cc1. The molecule has 4 heteroatoms. The first kappa shape index (κ1) is 40.1. The Hall–Kier alpha value is -8.96. The minimum atomic E-state index is -2.89. The largest absolute Gasteiger partial charge is 0.309 e. The lowest BCUT2D eigenvalue weighted by atomic mass is 10.0. The van der Waals surface area contributed by atoms with E-state index >= 15 is 0 Å². The third kappa shape index (κ3) is 5.94. The summed E-state index contributed by atoms with van der Waals surface area (Å²) in [4.78, 5) is 0. The van der Waals surface area contributed by atoms with E-state index in [1.54, 1.807) is 0 Å². The van der Waals surface area contributed by atoms with Crippen LogP contribution in [-0.2, 0) is 0 Å². The quantitative estimate of drug-likeness (QED) is 0.107. The minimum Gasteiger partial charge on any atom is -0.309 e. The summed E-state index contributed by atoms with van der Waals surface area (Å²) < 4.78 is 7.40. The summed E-state index contributed by atoms with van der Waals surface area (Å²) in [5.41, 5.74) is 12.9. The van der Waals surface area contributed by atoms with E-state index in [0.29, 0.717) is 0 Å². The first-order valence-electron chi connectivity index (χ1n) is 24.2. The molecular weight excluding hydrogens is 863 g/mol. The van der Waals surface area contributed by atoms with Crippen molar-refractivity contribution < 1.29 is 0 Å². The van der Waals surface area contributed by atoms with Crippen molar-refractivity contribution in [3.8, 4) is 28.2 Å². The standard InChI is InChI=1S/C66H45N3Si/c1-4-22-48(23-5-1)70(49-24-6-2-7-25-49,50-26-8-3-9-27-50)66-39-21-14-28-51(66)46-40-42-62-56(44-46)57-45-47(67-58-33-15-10-29-52(58)53-30-11-16-34-59(53)67)41-43-63(57)69(62)65-38-20-19-37-64(65)68-60-35-17-12-31-54(60)55-32-13-18-36-61(55)68/h1-45H. The van der Waals surface area contributed by atoms with E-state index in [-0.39, 0.29) is 0 Å². The number of fused-ring (bicyclic) bond motifs is 9.